The molecule has 0 spiro atoms. The summed E-state index contributed by atoms with van der Waals surface area (Å²) in [5.74, 6) is 1.85. The zero-order chi connectivity index (χ0) is 20.1. The molecule has 2 amide bonds. The van der Waals surface area contributed by atoms with Gasteiger partial charge in [0.1, 0.15) is 0 Å². The van der Waals surface area contributed by atoms with E-state index in [1.54, 1.807) is 18.2 Å². The monoisotopic (exact) mass is 384 g/mol. The lowest BCUT2D eigenvalue weighted by atomic mass is 10.1. The third-order valence-corrected chi connectivity index (χ3v) is 6.19. The number of rotatable bonds is 3. The number of benzene rings is 1. The first-order valence-corrected chi connectivity index (χ1v) is 9.92. The van der Waals surface area contributed by atoms with Crippen molar-refractivity contribution in [3.63, 3.8) is 0 Å². The van der Waals surface area contributed by atoms with Gasteiger partial charge in [0.05, 0.1) is 5.92 Å². The van der Waals surface area contributed by atoms with Crippen LogP contribution in [-0.4, -0.2) is 54.6 Å². The van der Waals surface area contributed by atoms with Crippen molar-refractivity contribution in [2.75, 3.05) is 33.0 Å². The van der Waals surface area contributed by atoms with E-state index in [4.69, 9.17) is 9.47 Å². The van der Waals surface area contributed by atoms with Crippen LogP contribution in [0.2, 0.25) is 0 Å². The SMILES string of the molecule is CC(C)=CC1C(C(=O)N2CCN(C(=O)c3ccc4c(c3)OCO4)CC2)C1(C)C. The van der Waals surface area contributed by atoms with Crippen LogP contribution in [-0.2, 0) is 4.79 Å². The number of carbonyl (C=O) groups is 2. The van der Waals surface area contributed by atoms with E-state index < -0.39 is 0 Å². The molecule has 0 aromatic heterocycles. The predicted molar refractivity (Wildman–Crippen MR) is 105 cm³/mol. The number of amides is 2. The second-order valence-electron chi connectivity index (χ2n) is 8.75. The van der Waals surface area contributed by atoms with Crippen molar-refractivity contribution in [3.05, 3.63) is 35.4 Å². The van der Waals surface area contributed by atoms with Crippen LogP contribution in [0.1, 0.15) is 38.1 Å². The second kappa shape index (κ2) is 6.83. The normalized spacial score (nSPS) is 24.7. The second-order valence-corrected chi connectivity index (χ2v) is 8.75. The van der Waals surface area contributed by atoms with Gasteiger partial charge in [0.2, 0.25) is 12.7 Å². The zero-order valence-corrected chi connectivity index (χ0v) is 17.0. The van der Waals surface area contributed by atoms with E-state index in [0.29, 0.717) is 49.2 Å². The summed E-state index contributed by atoms with van der Waals surface area (Å²) >= 11 is 0. The van der Waals surface area contributed by atoms with Gasteiger partial charge in [-0.15, -0.1) is 0 Å². The number of hydrogen-bond donors (Lipinski definition) is 0. The van der Waals surface area contributed by atoms with E-state index in [0.717, 1.165) is 0 Å². The number of hydrogen-bond acceptors (Lipinski definition) is 4. The molecule has 3 aliphatic rings. The van der Waals surface area contributed by atoms with Gasteiger partial charge in [-0.25, -0.2) is 0 Å². The van der Waals surface area contributed by atoms with Crippen molar-refractivity contribution in [1.29, 1.82) is 0 Å². The Hall–Kier alpha value is -2.50. The lowest BCUT2D eigenvalue weighted by Crippen LogP contribution is -2.51. The van der Waals surface area contributed by atoms with Crippen molar-refractivity contribution in [1.82, 2.24) is 9.80 Å². The topological polar surface area (TPSA) is 59.1 Å². The first-order chi connectivity index (χ1) is 13.3. The molecule has 2 unspecified atom stereocenters. The van der Waals surface area contributed by atoms with Gasteiger partial charge >= 0.3 is 0 Å². The number of ether oxygens (including phenoxy) is 2. The van der Waals surface area contributed by atoms with E-state index >= 15 is 0 Å². The van der Waals surface area contributed by atoms with Crippen LogP contribution in [0.15, 0.2) is 29.8 Å². The molecule has 1 saturated heterocycles. The Balaban J connectivity index is 1.36. The molecule has 2 atom stereocenters. The standard InChI is InChI=1S/C22H28N2O4/c1-14(2)11-16-19(22(16,3)4)21(26)24-9-7-23(8-10-24)20(25)15-5-6-17-18(12-15)28-13-27-17/h5-6,11-12,16,19H,7-10,13H2,1-4H3. The van der Waals surface area contributed by atoms with Crippen molar-refractivity contribution < 1.29 is 19.1 Å². The Bertz CT molecular complexity index is 833. The van der Waals surface area contributed by atoms with Gasteiger partial charge < -0.3 is 19.3 Å². The molecule has 6 nitrogen and oxygen atoms in total. The molecular weight excluding hydrogens is 356 g/mol. The summed E-state index contributed by atoms with van der Waals surface area (Å²) < 4.78 is 10.7. The average Bonchev–Trinajstić information content (AvgIpc) is 3.01. The highest BCUT2D eigenvalue weighted by Crippen LogP contribution is 2.60. The van der Waals surface area contributed by atoms with E-state index in [1.165, 1.54) is 5.57 Å². The highest BCUT2D eigenvalue weighted by Gasteiger charge is 2.61. The molecule has 150 valence electrons. The molecule has 1 aromatic rings. The maximum Gasteiger partial charge on any atom is 0.254 e. The van der Waals surface area contributed by atoms with Crippen LogP contribution in [0.25, 0.3) is 0 Å². The lowest BCUT2D eigenvalue weighted by Gasteiger charge is -2.35. The fourth-order valence-corrected chi connectivity index (χ4v) is 4.36. The highest BCUT2D eigenvalue weighted by atomic mass is 16.7. The molecule has 6 heteroatoms. The van der Waals surface area contributed by atoms with Crippen molar-refractivity contribution >= 4 is 11.8 Å². The molecule has 2 heterocycles. The summed E-state index contributed by atoms with van der Waals surface area (Å²) in [6.07, 6.45) is 2.22. The van der Waals surface area contributed by atoms with Crippen molar-refractivity contribution in [2.45, 2.75) is 27.7 Å². The fraction of sp³-hybridized carbons (Fsp3) is 0.545. The molecule has 2 fully saturated rings. The average molecular weight is 384 g/mol. The van der Waals surface area contributed by atoms with E-state index in [9.17, 15) is 9.59 Å². The predicted octanol–water partition coefficient (Wildman–Crippen LogP) is 2.94. The summed E-state index contributed by atoms with van der Waals surface area (Å²) in [5, 5.41) is 0. The molecule has 1 aromatic carbocycles. The molecule has 28 heavy (non-hydrogen) atoms. The Morgan fingerprint density at radius 1 is 1.04 bits per heavy atom. The third-order valence-electron chi connectivity index (χ3n) is 6.19. The van der Waals surface area contributed by atoms with Crippen LogP contribution in [0.3, 0.4) is 0 Å². The molecule has 0 N–H and O–H groups in total. The minimum atomic E-state index is -0.0282. The lowest BCUT2D eigenvalue weighted by molar-refractivity contribution is -0.135. The summed E-state index contributed by atoms with van der Waals surface area (Å²) in [6, 6.07) is 5.27. The maximum absolute atomic E-state index is 13.0. The van der Waals surface area contributed by atoms with Gasteiger partial charge in [0, 0.05) is 31.7 Å². The Morgan fingerprint density at radius 2 is 1.68 bits per heavy atom. The van der Waals surface area contributed by atoms with Crippen molar-refractivity contribution in [2.24, 2.45) is 17.3 Å². The number of carbonyl (C=O) groups excluding carboxylic acids is 2. The van der Waals surface area contributed by atoms with Crippen LogP contribution in [0.4, 0.5) is 0 Å². The van der Waals surface area contributed by atoms with Gasteiger partial charge in [0.15, 0.2) is 11.5 Å². The Labute approximate surface area is 166 Å². The Morgan fingerprint density at radius 3 is 2.36 bits per heavy atom. The van der Waals surface area contributed by atoms with E-state index in [1.807, 2.05) is 9.80 Å². The molecular formula is C22H28N2O4. The highest BCUT2D eigenvalue weighted by molar-refractivity contribution is 5.95. The molecule has 1 aliphatic carbocycles. The summed E-state index contributed by atoms with van der Waals surface area (Å²) in [6.45, 7) is 11.0. The van der Waals surface area contributed by atoms with Crippen molar-refractivity contribution in [3.8, 4) is 11.5 Å². The molecule has 2 aliphatic heterocycles. The first kappa shape index (κ1) is 18.8. The number of piperazine rings is 1. The molecule has 0 radical (unpaired) electrons. The molecule has 0 bridgehead atoms. The number of allylic oxidation sites excluding steroid dienone is 2. The number of nitrogens with zero attached hydrogens (tertiary/aromatic N) is 2. The minimum Gasteiger partial charge on any atom is -0.454 e. The summed E-state index contributed by atoms with van der Waals surface area (Å²) in [7, 11) is 0. The van der Waals surface area contributed by atoms with Crippen LogP contribution in [0.5, 0.6) is 11.5 Å². The zero-order valence-electron chi connectivity index (χ0n) is 17.0. The van der Waals surface area contributed by atoms with Gasteiger partial charge in [0.25, 0.3) is 5.91 Å². The molecule has 1 saturated carbocycles. The number of fused-ring (bicyclic) bond motifs is 1. The Kier molecular flexibility index (Phi) is 4.60. The van der Waals surface area contributed by atoms with E-state index in [-0.39, 0.29) is 29.9 Å². The smallest absolute Gasteiger partial charge is 0.254 e. The van der Waals surface area contributed by atoms with Crippen LogP contribution in [0, 0.1) is 17.3 Å². The largest absolute Gasteiger partial charge is 0.454 e. The van der Waals surface area contributed by atoms with Gasteiger partial charge in [-0.05, 0) is 43.4 Å². The van der Waals surface area contributed by atoms with Crippen LogP contribution >= 0.6 is 0 Å². The molecule has 4 rings (SSSR count). The van der Waals surface area contributed by atoms with Gasteiger partial charge in [-0.2, -0.15) is 0 Å². The summed E-state index contributed by atoms with van der Waals surface area (Å²) in [4.78, 5) is 29.6. The van der Waals surface area contributed by atoms with Crippen LogP contribution < -0.4 is 9.47 Å². The van der Waals surface area contributed by atoms with E-state index in [2.05, 4.69) is 33.8 Å². The maximum atomic E-state index is 13.0. The third kappa shape index (κ3) is 3.25. The quantitative estimate of drug-likeness (QED) is 0.752. The van der Waals surface area contributed by atoms with Gasteiger partial charge in [-0.3, -0.25) is 9.59 Å². The fourth-order valence-electron chi connectivity index (χ4n) is 4.36. The van der Waals surface area contributed by atoms with Gasteiger partial charge in [-0.1, -0.05) is 25.5 Å². The summed E-state index contributed by atoms with van der Waals surface area (Å²) in [5.41, 5.74) is 1.87. The minimum absolute atomic E-state index is 0.0216. The first-order valence-electron chi connectivity index (χ1n) is 9.92.